The Balaban J connectivity index is 2.28. The van der Waals surface area contributed by atoms with Gasteiger partial charge in [0.2, 0.25) is 0 Å². The van der Waals surface area contributed by atoms with Crippen LogP contribution in [0.1, 0.15) is 40.5 Å². The molecule has 0 saturated carbocycles. The van der Waals surface area contributed by atoms with Gasteiger partial charge >= 0.3 is 0 Å². The van der Waals surface area contributed by atoms with E-state index in [0.29, 0.717) is 24.0 Å². The molecule has 4 nitrogen and oxygen atoms in total. The van der Waals surface area contributed by atoms with Crippen LogP contribution >= 0.6 is 15.9 Å². The summed E-state index contributed by atoms with van der Waals surface area (Å²) in [6.07, 6.45) is 1.20. The van der Waals surface area contributed by atoms with Crippen LogP contribution < -0.4 is 0 Å². The average molecular weight is 312 g/mol. The number of fused-ring (bicyclic) bond motifs is 1. The van der Waals surface area contributed by atoms with Crippen molar-refractivity contribution in [3.8, 4) is 0 Å². The summed E-state index contributed by atoms with van der Waals surface area (Å²) in [5.74, 6) is -0.491. The molecule has 0 aromatic heterocycles. The number of nitrogens with zero attached hydrogens (tertiary/aromatic N) is 1. The first-order chi connectivity index (χ1) is 8.56. The molecule has 0 bridgehead atoms. The molecule has 0 saturated heterocycles. The normalized spacial score (nSPS) is 16.1. The van der Waals surface area contributed by atoms with Crippen LogP contribution in [0.25, 0.3) is 0 Å². The van der Waals surface area contributed by atoms with Crippen molar-refractivity contribution >= 4 is 27.7 Å². The van der Waals surface area contributed by atoms with Crippen LogP contribution in [0, 0.1) is 0 Å². The fourth-order valence-electron chi connectivity index (χ4n) is 2.15. The summed E-state index contributed by atoms with van der Waals surface area (Å²) in [5, 5.41) is 8.81. The Bertz CT molecular complexity index is 501. The molecule has 1 N–H and O–H groups in total. The summed E-state index contributed by atoms with van der Waals surface area (Å²) in [5.41, 5.74) is 0.907. The zero-order chi connectivity index (χ0) is 13.3. The second-order valence-corrected chi connectivity index (χ2v) is 5.30. The molecule has 0 aliphatic carbocycles. The molecule has 18 heavy (non-hydrogen) atoms. The Kier molecular flexibility index (Phi) is 3.82. The number of carbonyl (C=O) groups is 2. The minimum absolute atomic E-state index is 0.0685. The number of aliphatic hydroxyl groups excluding tert-OH is 1. The summed E-state index contributed by atoms with van der Waals surface area (Å²) in [4.78, 5) is 25.6. The van der Waals surface area contributed by atoms with Crippen LogP contribution in [0.5, 0.6) is 0 Å². The predicted octanol–water partition coefficient (Wildman–Crippen LogP) is 2.21. The minimum atomic E-state index is -0.248. The van der Waals surface area contributed by atoms with Crippen molar-refractivity contribution in [2.45, 2.75) is 25.8 Å². The minimum Gasteiger partial charge on any atom is -0.396 e. The van der Waals surface area contributed by atoms with Crippen molar-refractivity contribution in [1.82, 2.24) is 4.90 Å². The highest BCUT2D eigenvalue weighted by Gasteiger charge is 2.38. The lowest BCUT2D eigenvalue weighted by atomic mass is 10.1. The summed E-state index contributed by atoms with van der Waals surface area (Å²) >= 11 is 3.30. The highest BCUT2D eigenvalue weighted by Crippen LogP contribution is 2.28. The van der Waals surface area contributed by atoms with Crippen molar-refractivity contribution in [3.05, 3.63) is 33.8 Å². The van der Waals surface area contributed by atoms with Crippen LogP contribution in [-0.4, -0.2) is 34.5 Å². The van der Waals surface area contributed by atoms with Crippen molar-refractivity contribution in [3.63, 3.8) is 0 Å². The summed E-state index contributed by atoms with van der Waals surface area (Å²) in [7, 11) is 0. The van der Waals surface area contributed by atoms with Crippen LogP contribution in [-0.2, 0) is 0 Å². The zero-order valence-corrected chi connectivity index (χ0v) is 11.6. The van der Waals surface area contributed by atoms with E-state index >= 15 is 0 Å². The Hall–Kier alpha value is -1.20. The third kappa shape index (κ3) is 2.20. The van der Waals surface area contributed by atoms with Gasteiger partial charge in [-0.3, -0.25) is 14.5 Å². The van der Waals surface area contributed by atoms with Crippen molar-refractivity contribution in [2.75, 3.05) is 6.61 Å². The van der Waals surface area contributed by atoms with Gasteiger partial charge in [-0.1, -0.05) is 15.9 Å². The Morgan fingerprint density at radius 2 is 1.94 bits per heavy atom. The molecule has 1 atom stereocenters. The molecule has 1 aliphatic rings. The molecular formula is C13H14BrNO3. The highest BCUT2D eigenvalue weighted by molar-refractivity contribution is 9.10. The number of halogens is 1. The van der Waals surface area contributed by atoms with Crippen LogP contribution in [0.15, 0.2) is 22.7 Å². The number of hydrogen-bond donors (Lipinski definition) is 1. The molecule has 5 heteroatoms. The molecule has 2 rings (SSSR count). The number of rotatable bonds is 4. The van der Waals surface area contributed by atoms with E-state index in [1.807, 2.05) is 6.92 Å². The average Bonchev–Trinajstić information content (AvgIpc) is 2.59. The van der Waals surface area contributed by atoms with E-state index in [9.17, 15) is 9.59 Å². The van der Waals surface area contributed by atoms with Crippen molar-refractivity contribution in [2.24, 2.45) is 0 Å². The fraction of sp³-hybridized carbons (Fsp3) is 0.385. The second kappa shape index (κ2) is 5.20. The molecule has 0 fully saturated rings. The molecular weight excluding hydrogens is 298 g/mol. The lowest BCUT2D eigenvalue weighted by molar-refractivity contribution is 0.0584. The van der Waals surface area contributed by atoms with Gasteiger partial charge in [-0.05, 0) is 38.0 Å². The molecule has 1 aliphatic heterocycles. The van der Waals surface area contributed by atoms with Gasteiger partial charge in [-0.15, -0.1) is 0 Å². The quantitative estimate of drug-likeness (QED) is 0.867. The number of hydrogen-bond acceptors (Lipinski definition) is 3. The van der Waals surface area contributed by atoms with Gasteiger partial charge in [0.05, 0.1) is 11.1 Å². The van der Waals surface area contributed by atoms with E-state index in [1.165, 1.54) is 4.90 Å². The molecule has 1 heterocycles. The molecule has 1 unspecified atom stereocenters. The summed E-state index contributed by atoms with van der Waals surface area (Å²) < 4.78 is 0.785. The third-order valence-corrected chi connectivity index (χ3v) is 3.59. The standard InChI is InChI=1S/C13H14BrNO3/c1-8(3-2-6-16)15-12(17)10-5-4-9(14)7-11(10)13(15)18/h4-5,7-8,16H,2-3,6H2,1H3. The molecule has 1 aromatic rings. The van der Waals surface area contributed by atoms with Gasteiger partial charge in [-0.25, -0.2) is 0 Å². The first-order valence-electron chi connectivity index (χ1n) is 5.84. The SMILES string of the molecule is CC(CCCO)N1C(=O)c2ccc(Br)cc2C1=O. The summed E-state index contributed by atoms with van der Waals surface area (Å²) in [6, 6.07) is 4.90. The maximum atomic E-state index is 12.2. The van der Waals surface area contributed by atoms with Gasteiger partial charge in [-0.2, -0.15) is 0 Å². The van der Waals surface area contributed by atoms with Crippen molar-refractivity contribution in [1.29, 1.82) is 0 Å². The number of aliphatic hydroxyl groups is 1. The monoisotopic (exact) mass is 311 g/mol. The van der Waals surface area contributed by atoms with Crippen LogP contribution in [0.2, 0.25) is 0 Å². The second-order valence-electron chi connectivity index (χ2n) is 4.39. The Labute approximate surface area is 114 Å². The number of benzene rings is 1. The van der Waals surface area contributed by atoms with Gasteiger partial charge < -0.3 is 5.11 Å². The topological polar surface area (TPSA) is 57.6 Å². The van der Waals surface area contributed by atoms with Crippen molar-refractivity contribution < 1.29 is 14.7 Å². The van der Waals surface area contributed by atoms with Gasteiger partial charge in [0, 0.05) is 17.1 Å². The van der Waals surface area contributed by atoms with E-state index in [0.717, 1.165) is 4.47 Å². The smallest absolute Gasteiger partial charge is 0.261 e. The molecule has 0 radical (unpaired) electrons. The van der Waals surface area contributed by atoms with Gasteiger partial charge in [0.1, 0.15) is 0 Å². The molecule has 1 aromatic carbocycles. The lowest BCUT2D eigenvalue weighted by Gasteiger charge is -2.21. The Morgan fingerprint density at radius 3 is 2.61 bits per heavy atom. The highest BCUT2D eigenvalue weighted by atomic mass is 79.9. The number of carbonyl (C=O) groups excluding carboxylic acids is 2. The number of amides is 2. The first-order valence-corrected chi connectivity index (χ1v) is 6.64. The van der Waals surface area contributed by atoms with E-state index in [4.69, 9.17) is 5.11 Å². The Morgan fingerprint density at radius 1 is 1.28 bits per heavy atom. The van der Waals surface area contributed by atoms with E-state index in [-0.39, 0.29) is 24.5 Å². The van der Waals surface area contributed by atoms with Crippen LogP contribution in [0.4, 0.5) is 0 Å². The van der Waals surface area contributed by atoms with Crippen LogP contribution in [0.3, 0.4) is 0 Å². The zero-order valence-electron chi connectivity index (χ0n) is 10.0. The lowest BCUT2D eigenvalue weighted by Crippen LogP contribution is -2.38. The molecule has 96 valence electrons. The predicted molar refractivity (Wildman–Crippen MR) is 70.4 cm³/mol. The maximum absolute atomic E-state index is 12.2. The van der Waals surface area contributed by atoms with E-state index in [2.05, 4.69) is 15.9 Å². The van der Waals surface area contributed by atoms with Gasteiger partial charge in [0.25, 0.3) is 11.8 Å². The summed E-state index contributed by atoms with van der Waals surface area (Å²) in [6.45, 7) is 1.89. The van der Waals surface area contributed by atoms with E-state index < -0.39 is 0 Å². The van der Waals surface area contributed by atoms with E-state index in [1.54, 1.807) is 18.2 Å². The third-order valence-electron chi connectivity index (χ3n) is 3.10. The van der Waals surface area contributed by atoms with Gasteiger partial charge in [0.15, 0.2) is 0 Å². The molecule has 2 amide bonds. The number of imide groups is 1. The maximum Gasteiger partial charge on any atom is 0.261 e. The largest absolute Gasteiger partial charge is 0.396 e. The fourth-order valence-corrected chi connectivity index (χ4v) is 2.51. The molecule has 0 spiro atoms. The first kappa shape index (κ1) is 13.2.